The molecular weight excluding hydrogens is 280 g/mol. The Morgan fingerprint density at radius 2 is 2.40 bits per heavy atom. The minimum Gasteiger partial charge on any atom is -0.360 e. The predicted molar refractivity (Wildman–Crippen MR) is 79.9 cm³/mol. The molecule has 3 N–H and O–H groups in total. The lowest BCUT2D eigenvalue weighted by Gasteiger charge is -2.37. The predicted octanol–water partition coefficient (Wildman–Crippen LogP) is 1.40. The number of nitrogens with one attached hydrogen (secondary N) is 1. The fourth-order valence-electron chi connectivity index (χ4n) is 2.55. The Morgan fingerprint density at radius 3 is 3.00 bits per heavy atom. The van der Waals surface area contributed by atoms with E-state index in [4.69, 9.17) is 10.3 Å². The molecule has 0 saturated carbocycles. The molecule has 7 heteroatoms. The number of piperidine rings is 1. The quantitative estimate of drug-likeness (QED) is 0.878. The summed E-state index contributed by atoms with van der Waals surface area (Å²) in [5, 5.41) is 6.49. The number of amides is 1. The van der Waals surface area contributed by atoms with Crippen LogP contribution in [0.4, 0.5) is 5.82 Å². The summed E-state index contributed by atoms with van der Waals surface area (Å²) < 4.78 is 4.91. The summed E-state index contributed by atoms with van der Waals surface area (Å²) in [5.41, 5.74) is 5.79. The fraction of sp³-hybridized carbons (Fsp3) is 0.692. The number of halogens is 1. The van der Waals surface area contributed by atoms with Crippen LogP contribution in [-0.2, 0) is 4.79 Å². The first-order valence-corrected chi connectivity index (χ1v) is 6.75. The Morgan fingerprint density at radius 1 is 1.65 bits per heavy atom. The van der Waals surface area contributed by atoms with Crippen LogP contribution >= 0.6 is 12.4 Å². The van der Waals surface area contributed by atoms with E-state index in [2.05, 4.69) is 22.3 Å². The van der Waals surface area contributed by atoms with Crippen molar-refractivity contribution >= 4 is 24.1 Å². The van der Waals surface area contributed by atoms with Gasteiger partial charge in [-0.2, -0.15) is 0 Å². The van der Waals surface area contributed by atoms with E-state index in [9.17, 15) is 4.79 Å². The number of carbonyl (C=O) groups is 1. The van der Waals surface area contributed by atoms with E-state index < -0.39 is 0 Å². The van der Waals surface area contributed by atoms with E-state index in [0.717, 1.165) is 19.4 Å². The number of aryl methyl sites for hydroxylation is 1. The van der Waals surface area contributed by atoms with Gasteiger partial charge in [0.2, 0.25) is 5.91 Å². The van der Waals surface area contributed by atoms with Crippen molar-refractivity contribution in [1.29, 1.82) is 0 Å². The molecule has 0 bridgehead atoms. The lowest BCUT2D eigenvalue weighted by molar-refractivity contribution is -0.118. The second kappa shape index (κ2) is 7.61. The topological polar surface area (TPSA) is 84.4 Å². The van der Waals surface area contributed by atoms with Crippen LogP contribution in [0.3, 0.4) is 0 Å². The molecule has 6 nitrogen and oxygen atoms in total. The second-order valence-corrected chi connectivity index (χ2v) is 5.36. The Bertz CT molecular complexity index is 438. The van der Waals surface area contributed by atoms with Crippen LogP contribution < -0.4 is 11.1 Å². The van der Waals surface area contributed by atoms with E-state index in [-0.39, 0.29) is 18.3 Å². The van der Waals surface area contributed by atoms with Crippen LogP contribution in [0.5, 0.6) is 0 Å². The van der Waals surface area contributed by atoms with E-state index in [1.807, 2.05) is 0 Å². The third-order valence-electron chi connectivity index (χ3n) is 3.61. The van der Waals surface area contributed by atoms with Gasteiger partial charge < -0.3 is 15.6 Å². The highest BCUT2D eigenvalue weighted by molar-refractivity contribution is 5.91. The maximum Gasteiger partial charge on any atom is 0.239 e. The molecule has 1 fully saturated rings. The van der Waals surface area contributed by atoms with Crippen LogP contribution in [0.15, 0.2) is 10.6 Å². The summed E-state index contributed by atoms with van der Waals surface area (Å²) in [6.07, 6.45) is 2.18. The molecule has 1 aromatic heterocycles. The SMILES string of the molecule is Cc1cc(NC(=O)CN2CCC(C)CC2CN)no1.Cl. The van der Waals surface area contributed by atoms with E-state index in [1.165, 1.54) is 0 Å². The number of hydrogen-bond acceptors (Lipinski definition) is 5. The van der Waals surface area contributed by atoms with Crippen LogP contribution in [0.25, 0.3) is 0 Å². The molecule has 1 aliphatic heterocycles. The van der Waals surface area contributed by atoms with Crippen molar-refractivity contribution < 1.29 is 9.32 Å². The molecule has 20 heavy (non-hydrogen) atoms. The molecule has 2 unspecified atom stereocenters. The maximum absolute atomic E-state index is 12.0. The van der Waals surface area contributed by atoms with Gasteiger partial charge in [-0.3, -0.25) is 9.69 Å². The number of nitrogens with two attached hydrogens (primary N) is 1. The van der Waals surface area contributed by atoms with Gasteiger partial charge in [0.05, 0.1) is 6.54 Å². The zero-order chi connectivity index (χ0) is 13.8. The highest BCUT2D eigenvalue weighted by Crippen LogP contribution is 2.21. The molecule has 2 rings (SSSR count). The molecule has 1 amide bonds. The molecule has 1 aliphatic rings. The van der Waals surface area contributed by atoms with Crippen molar-refractivity contribution in [2.75, 3.05) is 25.0 Å². The van der Waals surface area contributed by atoms with Crippen LogP contribution in [0.1, 0.15) is 25.5 Å². The summed E-state index contributed by atoms with van der Waals surface area (Å²) in [5.74, 6) is 1.77. The molecule has 2 atom stereocenters. The minimum absolute atomic E-state index is 0. The first-order chi connectivity index (χ1) is 9.08. The number of rotatable bonds is 4. The first-order valence-electron chi connectivity index (χ1n) is 6.75. The summed E-state index contributed by atoms with van der Waals surface area (Å²) in [7, 11) is 0. The average Bonchev–Trinajstić information content (AvgIpc) is 2.76. The molecule has 114 valence electrons. The minimum atomic E-state index is -0.0682. The number of nitrogens with zero attached hydrogens (tertiary/aromatic N) is 2. The highest BCUT2D eigenvalue weighted by atomic mass is 35.5. The maximum atomic E-state index is 12.0. The van der Waals surface area contributed by atoms with Crippen molar-refractivity contribution in [3.8, 4) is 0 Å². The van der Waals surface area contributed by atoms with Crippen molar-refractivity contribution in [3.05, 3.63) is 11.8 Å². The van der Waals surface area contributed by atoms with Gasteiger partial charge in [0.15, 0.2) is 5.82 Å². The van der Waals surface area contributed by atoms with Crippen LogP contribution in [0.2, 0.25) is 0 Å². The van der Waals surface area contributed by atoms with Crippen LogP contribution in [0, 0.1) is 12.8 Å². The standard InChI is InChI=1S/C13H22N4O2.ClH/c1-9-3-4-17(11(5-9)7-14)8-13(18)15-12-6-10(2)19-16-12;/h6,9,11H,3-5,7-8,14H2,1-2H3,(H,15,16,18);1H. The lowest BCUT2D eigenvalue weighted by atomic mass is 9.92. The van der Waals surface area contributed by atoms with E-state index >= 15 is 0 Å². The Labute approximate surface area is 125 Å². The normalized spacial score (nSPS) is 23.1. The molecule has 0 radical (unpaired) electrons. The number of hydrogen-bond donors (Lipinski definition) is 2. The molecule has 1 saturated heterocycles. The van der Waals surface area contributed by atoms with E-state index in [0.29, 0.717) is 36.6 Å². The summed E-state index contributed by atoms with van der Waals surface area (Å²) in [6.45, 7) is 5.91. The molecule has 0 aliphatic carbocycles. The molecular formula is C13H23ClN4O2. The molecule has 0 spiro atoms. The van der Waals surface area contributed by atoms with Crippen molar-refractivity contribution in [1.82, 2.24) is 10.1 Å². The van der Waals surface area contributed by atoms with Gasteiger partial charge in [-0.1, -0.05) is 12.1 Å². The molecule has 2 heterocycles. The van der Waals surface area contributed by atoms with Crippen molar-refractivity contribution in [3.63, 3.8) is 0 Å². The summed E-state index contributed by atoms with van der Waals surface area (Å²) >= 11 is 0. The van der Waals surface area contributed by atoms with Crippen LogP contribution in [-0.4, -0.2) is 41.6 Å². The third kappa shape index (κ3) is 4.47. The Kier molecular flexibility index (Phi) is 6.45. The van der Waals surface area contributed by atoms with E-state index in [1.54, 1.807) is 13.0 Å². The van der Waals surface area contributed by atoms with Gasteiger partial charge in [0, 0.05) is 18.7 Å². The number of carbonyl (C=O) groups excluding carboxylic acids is 1. The highest BCUT2D eigenvalue weighted by Gasteiger charge is 2.26. The zero-order valence-electron chi connectivity index (χ0n) is 12.0. The van der Waals surface area contributed by atoms with Gasteiger partial charge in [-0.05, 0) is 32.2 Å². The van der Waals surface area contributed by atoms with Crippen molar-refractivity contribution in [2.45, 2.75) is 32.7 Å². The largest absolute Gasteiger partial charge is 0.360 e. The Balaban J connectivity index is 0.00000200. The summed E-state index contributed by atoms with van der Waals surface area (Å²) in [6, 6.07) is 2.00. The zero-order valence-corrected chi connectivity index (χ0v) is 12.8. The van der Waals surface area contributed by atoms with Gasteiger partial charge in [-0.25, -0.2) is 0 Å². The molecule has 0 aromatic carbocycles. The van der Waals surface area contributed by atoms with Gasteiger partial charge in [0.25, 0.3) is 0 Å². The summed E-state index contributed by atoms with van der Waals surface area (Å²) in [4.78, 5) is 14.1. The fourth-order valence-corrected chi connectivity index (χ4v) is 2.55. The average molecular weight is 303 g/mol. The number of likely N-dealkylation sites (tertiary alicyclic amines) is 1. The van der Waals surface area contributed by atoms with Crippen molar-refractivity contribution in [2.24, 2.45) is 11.7 Å². The molecule has 1 aromatic rings. The smallest absolute Gasteiger partial charge is 0.239 e. The van der Waals surface area contributed by atoms with Gasteiger partial charge in [0.1, 0.15) is 5.76 Å². The number of anilines is 1. The van der Waals surface area contributed by atoms with Gasteiger partial charge in [-0.15, -0.1) is 12.4 Å². The third-order valence-corrected chi connectivity index (χ3v) is 3.61. The number of aromatic nitrogens is 1. The Hall–Kier alpha value is -1.11. The first kappa shape index (κ1) is 16.9. The second-order valence-electron chi connectivity index (χ2n) is 5.36. The lowest BCUT2D eigenvalue weighted by Crippen LogP contribution is -2.49. The van der Waals surface area contributed by atoms with Gasteiger partial charge >= 0.3 is 0 Å². The monoisotopic (exact) mass is 302 g/mol.